The zero-order valence-corrected chi connectivity index (χ0v) is 18.7. The Labute approximate surface area is 189 Å². The van der Waals surface area contributed by atoms with Gasteiger partial charge in [0.15, 0.2) is 23.2 Å². The van der Waals surface area contributed by atoms with E-state index in [9.17, 15) is 18.0 Å². The third-order valence-corrected chi connectivity index (χ3v) is 6.32. The van der Waals surface area contributed by atoms with Crippen molar-refractivity contribution in [3.63, 3.8) is 0 Å². The molecule has 0 amide bonds. The number of fused-ring (bicyclic) bond motifs is 1. The van der Waals surface area contributed by atoms with Crippen LogP contribution in [0.1, 0.15) is 21.5 Å². The molecule has 7 heteroatoms. The van der Waals surface area contributed by atoms with Gasteiger partial charge >= 0.3 is 0 Å². The largest absolute Gasteiger partial charge is 0.493 e. The molecule has 3 aromatic carbocycles. The molecule has 0 radical (unpaired) electrons. The quantitative estimate of drug-likeness (QED) is 0.156. The lowest BCUT2D eigenvalue weighted by molar-refractivity contribution is 0.104. The first kappa shape index (κ1) is 21.6. The first-order valence-corrected chi connectivity index (χ1v) is 11.3. The summed E-state index contributed by atoms with van der Waals surface area (Å²) in [5.74, 6) is -3.85. The number of halogens is 4. The van der Waals surface area contributed by atoms with Crippen molar-refractivity contribution in [2.45, 2.75) is 6.92 Å². The molecule has 0 fully saturated rings. The van der Waals surface area contributed by atoms with E-state index in [0.29, 0.717) is 28.6 Å². The molecule has 0 saturated heterocycles. The molecule has 1 heterocycles. The molecule has 0 saturated carbocycles. The van der Waals surface area contributed by atoms with Crippen LogP contribution in [-0.2, 0) is 0 Å². The van der Waals surface area contributed by atoms with E-state index in [0.717, 1.165) is 16.3 Å². The van der Waals surface area contributed by atoms with Crippen molar-refractivity contribution in [3.8, 4) is 16.2 Å². The van der Waals surface area contributed by atoms with E-state index in [4.69, 9.17) is 4.74 Å². The summed E-state index contributed by atoms with van der Waals surface area (Å²) in [5.41, 5.74) is 1.48. The smallest absolute Gasteiger partial charge is 0.195 e. The average molecular weight is 505 g/mol. The number of thiophene rings is 1. The van der Waals surface area contributed by atoms with Crippen molar-refractivity contribution in [2.75, 3.05) is 11.9 Å². The Balaban J connectivity index is 1.87. The number of alkyl halides is 1. The van der Waals surface area contributed by atoms with Crippen molar-refractivity contribution >= 4 is 43.1 Å². The minimum absolute atomic E-state index is 0.140. The second-order valence-corrected chi connectivity index (χ2v) is 8.76. The van der Waals surface area contributed by atoms with Gasteiger partial charge in [0.2, 0.25) is 0 Å². The molecule has 4 rings (SSSR count). The molecule has 0 aliphatic rings. The molecule has 0 N–H and O–H groups in total. The van der Waals surface area contributed by atoms with Crippen molar-refractivity contribution in [2.24, 2.45) is 0 Å². The molecule has 31 heavy (non-hydrogen) atoms. The highest BCUT2D eigenvalue weighted by Crippen LogP contribution is 2.42. The Morgan fingerprint density at radius 3 is 2.45 bits per heavy atom. The fourth-order valence-corrected chi connectivity index (χ4v) is 4.80. The molecule has 2 nitrogen and oxygen atoms in total. The van der Waals surface area contributed by atoms with Gasteiger partial charge in [-0.1, -0.05) is 28.1 Å². The number of hydrogen-bond acceptors (Lipinski definition) is 3. The predicted octanol–water partition coefficient (Wildman–Crippen LogP) is 7.30. The average Bonchev–Trinajstić information content (AvgIpc) is 3.14. The van der Waals surface area contributed by atoms with Crippen molar-refractivity contribution < 1.29 is 22.7 Å². The molecule has 0 aliphatic carbocycles. The summed E-state index contributed by atoms with van der Waals surface area (Å²) in [4.78, 5) is 13.7. The molecule has 4 aromatic rings. The highest BCUT2D eigenvalue weighted by atomic mass is 79.9. The van der Waals surface area contributed by atoms with Gasteiger partial charge in [0.25, 0.3) is 0 Å². The molecule has 0 bridgehead atoms. The second-order valence-electron chi connectivity index (χ2n) is 6.92. The summed E-state index contributed by atoms with van der Waals surface area (Å²) < 4.78 is 48.4. The van der Waals surface area contributed by atoms with Crippen LogP contribution in [-0.4, -0.2) is 17.7 Å². The zero-order chi connectivity index (χ0) is 22.1. The molecule has 1 aromatic heterocycles. The number of aryl methyl sites for hydroxylation is 1. The van der Waals surface area contributed by atoms with Gasteiger partial charge in [-0.15, -0.1) is 11.3 Å². The molecule has 0 aliphatic heterocycles. The summed E-state index contributed by atoms with van der Waals surface area (Å²) in [6.45, 7) is 2.39. The van der Waals surface area contributed by atoms with E-state index >= 15 is 0 Å². The number of ether oxygens (including phenoxy) is 1. The van der Waals surface area contributed by atoms with Crippen LogP contribution in [0.25, 0.3) is 20.5 Å². The number of benzene rings is 3. The maximum Gasteiger partial charge on any atom is 0.195 e. The number of rotatable bonds is 6. The lowest BCUT2D eigenvalue weighted by Gasteiger charge is -2.08. The lowest BCUT2D eigenvalue weighted by Crippen LogP contribution is -2.04. The number of hydrogen-bond donors (Lipinski definition) is 0. The Morgan fingerprint density at radius 2 is 1.74 bits per heavy atom. The minimum Gasteiger partial charge on any atom is -0.493 e. The fourth-order valence-electron chi connectivity index (χ4n) is 3.32. The van der Waals surface area contributed by atoms with Crippen LogP contribution >= 0.6 is 27.3 Å². The lowest BCUT2D eigenvalue weighted by atomic mass is 9.97. The number of carbonyl (C=O) groups is 1. The van der Waals surface area contributed by atoms with Crippen LogP contribution in [0, 0.1) is 24.4 Å². The highest BCUT2D eigenvalue weighted by molar-refractivity contribution is 9.09. The van der Waals surface area contributed by atoms with Crippen molar-refractivity contribution in [1.82, 2.24) is 0 Å². The van der Waals surface area contributed by atoms with Gasteiger partial charge in [0.1, 0.15) is 5.75 Å². The van der Waals surface area contributed by atoms with Crippen molar-refractivity contribution in [3.05, 3.63) is 88.7 Å². The Hall–Kier alpha value is -2.64. The van der Waals surface area contributed by atoms with E-state index in [1.54, 1.807) is 30.3 Å². The summed E-state index contributed by atoms with van der Waals surface area (Å²) in [6, 6.07) is 14.2. The molecular weight excluding hydrogens is 489 g/mol. The third kappa shape index (κ3) is 4.12. The first-order chi connectivity index (χ1) is 14.9. The van der Waals surface area contributed by atoms with Crippen LogP contribution in [0.3, 0.4) is 0 Å². The molecule has 0 atom stereocenters. The molecular formula is C24H16BrF3O2S. The summed E-state index contributed by atoms with van der Waals surface area (Å²) in [7, 11) is 0. The van der Waals surface area contributed by atoms with Crippen LogP contribution in [0.2, 0.25) is 0 Å². The van der Waals surface area contributed by atoms with Crippen LogP contribution in [0.5, 0.6) is 5.75 Å². The van der Waals surface area contributed by atoms with Gasteiger partial charge in [-0.3, -0.25) is 4.79 Å². The van der Waals surface area contributed by atoms with Gasteiger partial charge in [0, 0.05) is 37.0 Å². The van der Waals surface area contributed by atoms with Gasteiger partial charge in [-0.2, -0.15) is 0 Å². The molecule has 158 valence electrons. The normalized spacial score (nSPS) is 11.1. The van der Waals surface area contributed by atoms with E-state index in [1.165, 1.54) is 17.4 Å². The van der Waals surface area contributed by atoms with E-state index in [2.05, 4.69) is 15.9 Å². The summed E-state index contributed by atoms with van der Waals surface area (Å²) in [6.07, 6.45) is 0. The van der Waals surface area contributed by atoms with Gasteiger partial charge in [0.05, 0.1) is 6.61 Å². The number of carbonyl (C=O) groups excluding carboxylic acids is 1. The SMILES string of the molecule is Cc1ccc2c(C(=O)c3ccc(OCCBr)cc3)c(-c3ccc(F)c(F)c3F)sc2c1. The minimum atomic E-state index is -1.56. The van der Waals surface area contributed by atoms with E-state index in [1.807, 2.05) is 19.1 Å². The Morgan fingerprint density at radius 1 is 1.00 bits per heavy atom. The standard InChI is InChI=1S/C24H16BrF3O2S/c1-13-2-7-16-19(12-13)31-24(17-8-9-18(26)22(28)21(17)27)20(16)23(29)14-3-5-15(6-4-14)30-11-10-25/h2-9,12H,10-11H2,1H3. The summed E-state index contributed by atoms with van der Waals surface area (Å²) in [5, 5.41) is 1.32. The Kier molecular flexibility index (Phi) is 6.16. The predicted molar refractivity (Wildman–Crippen MR) is 121 cm³/mol. The van der Waals surface area contributed by atoms with E-state index < -0.39 is 17.5 Å². The fraction of sp³-hybridized carbons (Fsp3) is 0.125. The van der Waals surface area contributed by atoms with Gasteiger partial charge in [-0.25, -0.2) is 13.2 Å². The molecule has 0 unspecified atom stereocenters. The first-order valence-electron chi connectivity index (χ1n) is 9.41. The topological polar surface area (TPSA) is 26.3 Å². The monoisotopic (exact) mass is 504 g/mol. The third-order valence-electron chi connectivity index (χ3n) is 4.81. The van der Waals surface area contributed by atoms with Gasteiger partial charge < -0.3 is 4.74 Å². The summed E-state index contributed by atoms with van der Waals surface area (Å²) >= 11 is 4.46. The molecule has 0 spiro atoms. The van der Waals surface area contributed by atoms with Crippen molar-refractivity contribution in [1.29, 1.82) is 0 Å². The van der Waals surface area contributed by atoms with E-state index in [-0.39, 0.29) is 21.8 Å². The van der Waals surface area contributed by atoms with Crippen LogP contribution < -0.4 is 4.74 Å². The maximum atomic E-state index is 14.6. The highest BCUT2D eigenvalue weighted by Gasteiger charge is 2.25. The van der Waals surface area contributed by atoms with Gasteiger partial charge in [-0.05, 0) is 55.0 Å². The second kappa shape index (κ2) is 8.85. The zero-order valence-electron chi connectivity index (χ0n) is 16.3. The maximum absolute atomic E-state index is 14.6. The number of ketones is 1. The van der Waals surface area contributed by atoms with Crippen LogP contribution in [0.15, 0.2) is 54.6 Å². The Bertz CT molecular complexity index is 1280. The van der Waals surface area contributed by atoms with Crippen LogP contribution in [0.4, 0.5) is 13.2 Å².